The topological polar surface area (TPSA) is 75.6 Å². The van der Waals surface area contributed by atoms with Crippen LogP contribution < -0.4 is 5.32 Å². The van der Waals surface area contributed by atoms with Crippen molar-refractivity contribution in [2.24, 2.45) is 4.99 Å². The highest BCUT2D eigenvalue weighted by Gasteiger charge is 2.24. The lowest BCUT2D eigenvalue weighted by Crippen LogP contribution is -2.43. The summed E-state index contributed by atoms with van der Waals surface area (Å²) in [5.41, 5.74) is 0.455. The minimum absolute atomic E-state index is 0.0296. The van der Waals surface area contributed by atoms with E-state index in [1.165, 1.54) is 0 Å². The molecule has 1 saturated heterocycles. The van der Waals surface area contributed by atoms with Gasteiger partial charge in [0.15, 0.2) is 0 Å². The molecule has 0 radical (unpaired) electrons. The summed E-state index contributed by atoms with van der Waals surface area (Å²) in [6.07, 6.45) is 1.01. The Kier molecular flexibility index (Phi) is 4.46. The van der Waals surface area contributed by atoms with Crippen molar-refractivity contribution < 1.29 is 13.2 Å². The van der Waals surface area contributed by atoms with Gasteiger partial charge in [-0.1, -0.05) is 0 Å². The van der Waals surface area contributed by atoms with E-state index in [9.17, 15) is 13.2 Å². The average molecular weight is 246 g/mol. The largest absolute Gasteiger partial charge is 0.348 e. The van der Waals surface area contributed by atoms with E-state index in [0.29, 0.717) is 25.1 Å². The third-order valence-corrected chi connectivity index (χ3v) is 4.33. The number of carbonyl (C=O) groups is 1. The molecule has 6 heteroatoms. The fourth-order valence-corrected chi connectivity index (χ4v) is 3.12. The Morgan fingerprint density at radius 1 is 1.38 bits per heavy atom. The van der Waals surface area contributed by atoms with Gasteiger partial charge in [0.05, 0.1) is 17.2 Å². The third kappa shape index (κ3) is 3.92. The molecule has 5 nitrogen and oxygen atoms in total. The van der Waals surface area contributed by atoms with Crippen LogP contribution >= 0.6 is 0 Å². The summed E-state index contributed by atoms with van der Waals surface area (Å²) in [6.45, 7) is 4.11. The number of nitrogens with zero attached hydrogens (tertiary/aromatic N) is 1. The van der Waals surface area contributed by atoms with Crippen molar-refractivity contribution in [2.45, 2.75) is 32.7 Å². The minimum atomic E-state index is -2.86. The lowest BCUT2D eigenvalue weighted by Gasteiger charge is -2.22. The van der Waals surface area contributed by atoms with Crippen LogP contribution in [0.5, 0.6) is 0 Å². The molecule has 0 spiro atoms. The highest BCUT2D eigenvalue weighted by atomic mass is 32.2. The Labute approximate surface area is 96.3 Å². The fraction of sp³-hybridized carbons (Fsp3) is 0.800. The van der Waals surface area contributed by atoms with E-state index in [1.807, 2.05) is 6.92 Å². The molecule has 1 heterocycles. The molecular weight excluding hydrogens is 228 g/mol. The van der Waals surface area contributed by atoms with Gasteiger partial charge in [-0.2, -0.15) is 0 Å². The van der Waals surface area contributed by atoms with Gasteiger partial charge in [0.25, 0.3) is 5.91 Å². The molecule has 1 N–H and O–H groups in total. The van der Waals surface area contributed by atoms with Crippen molar-refractivity contribution in [1.82, 2.24) is 5.32 Å². The van der Waals surface area contributed by atoms with Crippen LogP contribution in [0.4, 0.5) is 0 Å². The number of rotatable bonds is 3. The molecule has 1 fully saturated rings. The van der Waals surface area contributed by atoms with E-state index in [0.717, 1.165) is 0 Å². The van der Waals surface area contributed by atoms with E-state index in [-0.39, 0.29) is 23.5 Å². The predicted molar refractivity (Wildman–Crippen MR) is 63.5 cm³/mol. The minimum Gasteiger partial charge on any atom is -0.348 e. The second-order valence-electron chi connectivity index (χ2n) is 3.96. The molecular formula is C10H18N2O3S. The Morgan fingerprint density at radius 2 is 1.94 bits per heavy atom. The molecule has 0 aromatic heterocycles. The van der Waals surface area contributed by atoms with Gasteiger partial charge < -0.3 is 5.32 Å². The molecule has 0 atom stereocenters. The van der Waals surface area contributed by atoms with Crippen LogP contribution in [0.25, 0.3) is 0 Å². The van der Waals surface area contributed by atoms with Crippen LogP contribution in [0.15, 0.2) is 4.99 Å². The maximum absolute atomic E-state index is 11.6. The smallest absolute Gasteiger partial charge is 0.265 e. The monoisotopic (exact) mass is 246 g/mol. The number of nitrogens with one attached hydrogen (secondary N) is 1. The molecule has 16 heavy (non-hydrogen) atoms. The maximum atomic E-state index is 11.6. The number of hydrogen-bond donors (Lipinski definition) is 1. The van der Waals surface area contributed by atoms with Gasteiger partial charge in [0, 0.05) is 12.6 Å². The van der Waals surface area contributed by atoms with Gasteiger partial charge in [0.1, 0.15) is 9.84 Å². The molecule has 1 aliphatic rings. The Balaban J connectivity index is 2.45. The van der Waals surface area contributed by atoms with E-state index in [4.69, 9.17) is 0 Å². The van der Waals surface area contributed by atoms with Crippen LogP contribution in [0.1, 0.15) is 26.7 Å². The standard InChI is InChI=1S/C10H18N2O3S/c1-3-11-8(2)10(13)12-9-4-6-16(14,15)7-5-9/h9H,3-7H2,1-2H3,(H,12,13). The maximum Gasteiger partial charge on any atom is 0.265 e. The van der Waals surface area contributed by atoms with Gasteiger partial charge in [-0.25, -0.2) is 8.42 Å². The zero-order valence-electron chi connectivity index (χ0n) is 9.69. The normalized spacial score (nSPS) is 21.8. The van der Waals surface area contributed by atoms with Crippen molar-refractivity contribution in [3.05, 3.63) is 0 Å². The molecule has 1 aliphatic heterocycles. The first-order valence-electron chi connectivity index (χ1n) is 5.47. The molecule has 0 unspecified atom stereocenters. The molecule has 92 valence electrons. The molecule has 0 aromatic carbocycles. The Bertz CT molecular complexity index is 373. The van der Waals surface area contributed by atoms with Gasteiger partial charge in [-0.05, 0) is 26.7 Å². The Morgan fingerprint density at radius 3 is 2.44 bits per heavy atom. The summed E-state index contributed by atoms with van der Waals surface area (Å²) in [6, 6.07) is -0.0296. The lowest BCUT2D eigenvalue weighted by atomic mass is 10.1. The zero-order valence-corrected chi connectivity index (χ0v) is 10.5. The number of amides is 1. The van der Waals surface area contributed by atoms with Crippen LogP contribution in [0.2, 0.25) is 0 Å². The summed E-state index contributed by atoms with van der Waals surface area (Å²) in [4.78, 5) is 15.6. The van der Waals surface area contributed by atoms with Crippen molar-refractivity contribution in [3.8, 4) is 0 Å². The van der Waals surface area contributed by atoms with E-state index >= 15 is 0 Å². The Hall–Kier alpha value is -0.910. The van der Waals surface area contributed by atoms with E-state index < -0.39 is 9.84 Å². The molecule has 0 saturated carbocycles. The van der Waals surface area contributed by atoms with Crippen molar-refractivity contribution in [2.75, 3.05) is 18.1 Å². The first-order valence-corrected chi connectivity index (χ1v) is 7.29. The third-order valence-electron chi connectivity index (χ3n) is 2.61. The lowest BCUT2D eigenvalue weighted by molar-refractivity contribution is -0.115. The molecule has 0 bridgehead atoms. The van der Waals surface area contributed by atoms with Gasteiger partial charge in [-0.3, -0.25) is 9.79 Å². The summed E-state index contributed by atoms with van der Waals surface area (Å²) in [5.74, 6) is 0.148. The van der Waals surface area contributed by atoms with Gasteiger partial charge in [-0.15, -0.1) is 0 Å². The number of carbonyl (C=O) groups excluding carboxylic acids is 1. The van der Waals surface area contributed by atoms with Crippen LogP contribution in [-0.4, -0.2) is 44.1 Å². The second kappa shape index (κ2) is 5.43. The molecule has 1 rings (SSSR count). The second-order valence-corrected chi connectivity index (χ2v) is 6.26. The number of sulfone groups is 1. The quantitative estimate of drug-likeness (QED) is 0.721. The van der Waals surface area contributed by atoms with Crippen molar-refractivity contribution in [3.63, 3.8) is 0 Å². The van der Waals surface area contributed by atoms with Crippen molar-refractivity contribution >= 4 is 21.5 Å². The SMILES string of the molecule is CCN=C(C)C(=O)NC1CCS(=O)(=O)CC1. The number of aliphatic imine (C=N–C) groups is 1. The van der Waals surface area contributed by atoms with E-state index in [1.54, 1.807) is 6.92 Å². The summed E-state index contributed by atoms with van der Waals surface area (Å²) < 4.78 is 22.4. The summed E-state index contributed by atoms with van der Waals surface area (Å²) in [7, 11) is -2.86. The van der Waals surface area contributed by atoms with Crippen LogP contribution in [0, 0.1) is 0 Å². The predicted octanol–water partition coefficient (Wildman–Crippen LogP) is 0.161. The van der Waals surface area contributed by atoms with Crippen LogP contribution in [-0.2, 0) is 14.6 Å². The highest BCUT2D eigenvalue weighted by Crippen LogP contribution is 2.11. The van der Waals surface area contributed by atoms with Crippen molar-refractivity contribution in [1.29, 1.82) is 0 Å². The first kappa shape index (κ1) is 13.2. The molecule has 1 amide bonds. The van der Waals surface area contributed by atoms with Gasteiger partial charge >= 0.3 is 0 Å². The highest BCUT2D eigenvalue weighted by molar-refractivity contribution is 7.91. The average Bonchev–Trinajstić information content (AvgIpc) is 2.21. The fourth-order valence-electron chi connectivity index (χ4n) is 1.63. The van der Waals surface area contributed by atoms with E-state index in [2.05, 4.69) is 10.3 Å². The van der Waals surface area contributed by atoms with Gasteiger partial charge in [0.2, 0.25) is 0 Å². The molecule has 0 aliphatic carbocycles. The zero-order chi connectivity index (χ0) is 12.2. The first-order chi connectivity index (χ1) is 7.44. The van der Waals surface area contributed by atoms with Crippen LogP contribution in [0.3, 0.4) is 0 Å². The summed E-state index contributed by atoms with van der Waals surface area (Å²) >= 11 is 0. The number of hydrogen-bond acceptors (Lipinski definition) is 4. The molecule has 0 aromatic rings. The summed E-state index contributed by atoms with van der Waals surface area (Å²) in [5, 5.41) is 2.81.